The van der Waals surface area contributed by atoms with Gasteiger partial charge in [0.05, 0.1) is 12.8 Å². The van der Waals surface area contributed by atoms with Crippen LogP contribution in [0, 0.1) is 0 Å². The van der Waals surface area contributed by atoms with E-state index in [1.807, 2.05) is 0 Å². The number of aromatic nitrogens is 3. The number of pyridine rings is 1. The van der Waals surface area contributed by atoms with Crippen LogP contribution in [0.5, 0.6) is 5.75 Å². The second-order valence-electron chi connectivity index (χ2n) is 6.15. The predicted octanol–water partition coefficient (Wildman–Crippen LogP) is 2.13. The van der Waals surface area contributed by atoms with E-state index in [0.29, 0.717) is 11.3 Å². The van der Waals surface area contributed by atoms with Gasteiger partial charge in [-0.15, -0.1) is 0 Å². The van der Waals surface area contributed by atoms with Crippen LogP contribution >= 0.6 is 0 Å². The number of sulfone groups is 1. The van der Waals surface area contributed by atoms with Crippen molar-refractivity contribution in [2.45, 2.75) is 38.9 Å². The van der Waals surface area contributed by atoms with Gasteiger partial charge in [-0.2, -0.15) is 0 Å². The summed E-state index contributed by atoms with van der Waals surface area (Å²) in [4.78, 5) is 20.8. The lowest BCUT2D eigenvalue weighted by molar-refractivity contribution is 0.405. The van der Waals surface area contributed by atoms with Crippen molar-refractivity contribution in [1.82, 2.24) is 14.5 Å². The number of methoxy groups -OCH3 is 1. The molecule has 0 amide bonds. The van der Waals surface area contributed by atoms with E-state index in [1.54, 1.807) is 32.4 Å². The zero-order chi connectivity index (χ0) is 19.3. The first kappa shape index (κ1) is 20.1. The molecule has 0 bridgehead atoms. The SMILES string of the molecule is CCCCc1cnc(CS(=O)(=O)CC)nc1-c1cc(OC)c(=O)n(C)c1. The monoisotopic (exact) mass is 379 g/mol. The summed E-state index contributed by atoms with van der Waals surface area (Å²) in [5.41, 5.74) is 2.02. The van der Waals surface area contributed by atoms with Crippen LogP contribution in [-0.2, 0) is 29.1 Å². The average molecular weight is 379 g/mol. The Bertz CT molecular complexity index is 936. The number of unbranched alkanes of at least 4 members (excludes halogenated alkanes) is 1. The molecule has 2 heterocycles. The van der Waals surface area contributed by atoms with E-state index in [0.717, 1.165) is 24.8 Å². The van der Waals surface area contributed by atoms with Gasteiger partial charge in [-0.25, -0.2) is 18.4 Å². The first-order chi connectivity index (χ1) is 12.3. The van der Waals surface area contributed by atoms with Crippen LogP contribution in [0.25, 0.3) is 11.3 Å². The van der Waals surface area contributed by atoms with Crippen molar-refractivity contribution in [1.29, 1.82) is 0 Å². The third-order valence-corrected chi connectivity index (χ3v) is 5.72. The minimum atomic E-state index is -3.23. The number of nitrogens with zero attached hydrogens (tertiary/aromatic N) is 3. The lowest BCUT2D eigenvalue weighted by Crippen LogP contribution is -2.18. The average Bonchev–Trinajstić information content (AvgIpc) is 2.62. The van der Waals surface area contributed by atoms with E-state index >= 15 is 0 Å². The molecule has 0 fully saturated rings. The van der Waals surface area contributed by atoms with E-state index < -0.39 is 9.84 Å². The molecule has 0 aliphatic rings. The Labute approximate surface area is 154 Å². The van der Waals surface area contributed by atoms with Gasteiger partial charge in [0.15, 0.2) is 15.6 Å². The van der Waals surface area contributed by atoms with E-state index in [2.05, 4.69) is 16.9 Å². The fourth-order valence-electron chi connectivity index (χ4n) is 2.57. The van der Waals surface area contributed by atoms with Gasteiger partial charge in [0, 0.05) is 30.8 Å². The molecule has 0 saturated carbocycles. The summed E-state index contributed by atoms with van der Waals surface area (Å²) in [6.07, 6.45) is 6.13. The van der Waals surface area contributed by atoms with Crippen molar-refractivity contribution in [3.63, 3.8) is 0 Å². The summed E-state index contributed by atoms with van der Waals surface area (Å²) in [5.74, 6) is 0.312. The Hall–Kier alpha value is -2.22. The van der Waals surface area contributed by atoms with Gasteiger partial charge in [0.1, 0.15) is 11.6 Å². The van der Waals surface area contributed by atoms with Crippen molar-refractivity contribution in [2.75, 3.05) is 12.9 Å². The van der Waals surface area contributed by atoms with Crippen LogP contribution in [0.1, 0.15) is 38.1 Å². The molecule has 26 heavy (non-hydrogen) atoms. The normalized spacial score (nSPS) is 11.5. The zero-order valence-corrected chi connectivity index (χ0v) is 16.5. The van der Waals surface area contributed by atoms with Crippen LogP contribution < -0.4 is 10.3 Å². The zero-order valence-electron chi connectivity index (χ0n) is 15.7. The summed E-state index contributed by atoms with van der Waals surface area (Å²) in [6.45, 7) is 3.70. The number of hydrogen-bond acceptors (Lipinski definition) is 6. The highest BCUT2D eigenvalue weighted by Crippen LogP contribution is 2.25. The molecule has 2 aromatic rings. The first-order valence-corrected chi connectivity index (χ1v) is 10.4. The molecule has 0 N–H and O–H groups in total. The van der Waals surface area contributed by atoms with Crippen LogP contribution in [0.4, 0.5) is 0 Å². The summed E-state index contributed by atoms with van der Waals surface area (Å²) in [7, 11) is -0.149. The van der Waals surface area contributed by atoms with E-state index in [1.165, 1.54) is 11.7 Å². The third-order valence-electron chi connectivity index (χ3n) is 4.15. The van der Waals surface area contributed by atoms with Crippen LogP contribution in [0.2, 0.25) is 0 Å². The molecule has 0 aromatic carbocycles. The molecule has 2 aromatic heterocycles. The minimum absolute atomic E-state index is 0.0386. The standard InChI is InChI=1S/C18H25N3O4S/c1-5-7-8-13-10-19-16(12-26(23,24)6-2)20-17(13)14-9-15(25-4)18(22)21(3)11-14/h9-11H,5-8,12H2,1-4H3. The summed E-state index contributed by atoms with van der Waals surface area (Å²) < 4.78 is 30.5. The molecular formula is C18H25N3O4S. The topological polar surface area (TPSA) is 91.2 Å². The maximum absolute atomic E-state index is 12.1. The molecule has 0 aliphatic heterocycles. The van der Waals surface area contributed by atoms with Crippen LogP contribution in [0.3, 0.4) is 0 Å². The number of ether oxygens (including phenoxy) is 1. The molecule has 7 nitrogen and oxygen atoms in total. The lowest BCUT2D eigenvalue weighted by atomic mass is 10.0. The molecule has 0 radical (unpaired) electrons. The molecule has 0 spiro atoms. The highest BCUT2D eigenvalue weighted by Gasteiger charge is 2.16. The number of hydrogen-bond donors (Lipinski definition) is 0. The maximum atomic E-state index is 12.1. The Morgan fingerprint density at radius 2 is 2.00 bits per heavy atom. The number of aryl methyl sites for hydroxylation is 2. The van der Waals surface area contributed by atoms with Gasteiger partial charge in [0.25, 0.3) is 5.56 Å². The first-order valence-electron chi connectivity index (χ1n) is 8.61. The van der Waals surface area contributed by atoms with E-state index in [-0.39, 0.29) is 28.6 Å². The Kier molecular flexibility index (Phi) is 6.52. The number of rotatable bonds is 8. The largest absolute Gasteiger partial charge is 0.491 e. The Balaban J connectivity index is 2.59. The predicted molar refractivity (Wildman–Crippen MR) is 101 cm³/mol. The molecule has 142 valence electrons. The molecule has 0 atom stereocenters. The molecule has 0 unspecified atom stereocenters. The smallest absolute Gasteiger partial charge is 0.292 e. The van der Waals surface area contributed by atoms with Gasteiger partial charge in [0.2, 0.25) is 0 Å². The van der Waals surface area contributed by atoms with Gasteiger partial charge in [-0.05, 0) is 24.5 Å². The van der Waals surface area contributed by atoms with Gasteiger partial charge < -0.3 is 9.30 Å². The second kappa shape index (κ2) is 8.44. The van der Waals surface area contributed by atoms with Crippen molar-refractivity contribution in [3.05, 3.63) is 40.2 Å². The van der Waals surface area contributed by atoms with Gasteiger partial charge in [-0.3, -0.25) is 4.79 Å². The van der Waals surface area contributed by atoms with E-state index in [9.17, 15) is 13.2 Å². The molecule has 0 aliphatic carbocycles. The van der Waals surface area contributed by atoms with Crippen molar-refractivity contribution < 1.29 is 13.2 Å². The summed E-state index contributed by atoms with van der Waals surface area (Å²) >= 11 is 0. The maximum Gasteiger partial charge on any atom is 0.292 e. The van der Waals surface area contributed by atoms with Crippen molar-refractivity contribution >= 4 is 9.84 Å². The fraction of sp³-hybridized carbons (Fsp3) is 0.500. The van der Waals surface area contributed by atoms with Crippen LogP contribution in [-0.4, -0.2) is 35.8 Å². The second-order valence-corrected chi connectivity index (χ2v) is 8.51. The third kappa shape index (κ3) is 4.69. The lowest BCUT2D eigenvalue weighted by Gasteiger charge is -2.12. The summed E-state index contributed by atoms with van der Waals surface area (Å²) in [5, 5.41) is 0. The van der Waals surface area contributed by atoms with Crippen molar-refractivity contribution in [2.24, 2.45) is 7.05 Å². The van der Waals surface area contributed by atoms with Crippen LogP contribution in [0.15, 0.2) is 23.3 Å². The van der Waals surface area contributed by atoms with Crippen molar-refractivity contribution in [3.8, 4) is 17.0 Å². The highest BCUT2D eigenvalue weighted by atomic mass is 32.2. The summed E-state index contributed by atoms with van der Waals surface area (Å²) in [6, 6.07) is 1.64. The highest BCUT2D eigenvalue weighted by molar-refractivity contribution is 7.90. The molecular weight excluding hydrogens is 354 g/mol. The quantitative estimate of drug-likeness (QED) is 0.698. The molecule has 8 heteroatoms. The Morgan fingerprint density at radius 1 is 1.27 bits per heavy atom. The molecule has 0 saturated heterocycles. The fourth-order valence-corrected chi connectivity index (χ4v) is 3.31. The molecule has 2 rings (SSSR count). The van der Waals surface area contributed by atoms with E-state index in [4.69, 9.17) is 4.74 Å². The van der Waals surface area contributed by atoms with Gasteiger partial charge >= 0.3 is 0 Å². The Morgan fingerprint density at radius 3 is 2.62 bits per heavy atom. The minimum Gasteiger partial charge on any atom is -0.491 e. The van der Waals surface area contributed by atoms with Gasteiger partial charge in [-0.1, -0.05) is 20.3 Å².